The second-order valence-electron chi connectivity index (χ2n) is 4.06. The first kappa shape index (κ1) is 14.5. The van der Waals surface area contributed by atoms with E-state index in [0.717, 1.165) is 6.07 Å². The van der Waals surface area contributed by atoms with Crippen molar-refractivity contribution in [3.8, 4) is 6.07 Å². The van der Waals surface area contributed by atoms with Gasteiger partial charge in [-0.05, 0) is 24.3 Å². The predicted octanol–water partition coefficient (Wildman–Crippen LogP) is 3.37. The molecule has 0 saturated carbocycles. The summed E-state index contributed by atoms with van der Waals surface area (Å²) in [6.07, 6.45) is 0. The van der Waals surface area contributed by atoms with Crippen LogP contribution in [0, 0.1) is 21.4 Å². The molecule has 2 aromatic carbocycles. The number of amides is 1. The molecule has 0 spiro atoms. The molecule has 0 aliphatic heterocycles. The summed E-state index contributed by atoms with van der Waals surface area (Å²) in [5, 5.41) is 22.5. The molecule has 1 amide bonds. The Kier molecular flexibility index (Phi) is 4.16. The molecule has 0 aliphatic carbocycles. The minimum Gasteiger partial charge on any atom is -0.321 e. The summed E-state index contributed by atoms with van der Waals surface area (Å²) in [5.41, 5.74) is 0.432. The Morgan fingerprint density at radius 1 is 1.29 bits per heavy atom. The topological polar surface area (TPSA) is 96.0 Å². The number of carbonyl (C=O) groups excluding carboxylic acids is 1. The van der Waals surface area contributed by atoms with Gasteiger partial charge in [0.2, 0.25) is 0 Å². The lowest BCUT2D eigenvalue weighted by Gasteiger charge is -2.07. The van der Waals surface area contributed by atoms with Gasteiger partial charge in [-0.25, -0.2) is 0 Å². The molecule has 0 heterocycles. The number of hydrogen-bond donors (Lipinski definition) is 1. The number of nitro groups is 1. The minimum atomic E-state index is -0.586. The molecule has 0 atom stereocenters. The summed E-state index contributed by atoms with van der Waals surface area (Å²) < 4.78 is 0. The monoisotopic (exact) mass is 301 g/mol. The van der Waals surface area contributed by atoms with Crippen LogP contribution >= 0.6 is 11.6 Å². The van der Waals surface area contributed by atoms with Crippen LogP contribution in [-0.4, -0.2) is 10.8 Å². The van der Waals surface area contributed by atoms with Gasteiger partial charge >= 0.3 is 0 Å². The zero-order chi connectivity index (χ0) is 15.4. The highest BCUT2D eigenvalue weighted by Gasteiger charge is 2.13. The van der Waals surface area contributed by atoms with Crippen LogP contribution in [0.2, 0.25) is 5.02 Å². The van der Waals surface area contributed by atoms with Crippen molar-refractivity contribution in [2.75, 3.05) is 5.32 Å². The van der Waals surface area contributed by atoms with E-state index >= 15 is 0 Å². The van der Waals surface area contributed by atoms with Crippen LogP contribution in [0.5, 0.6) is 0 Å². The smallest absolute Gasteiger partial charge is 0.270 e. The molecule has 104 valence electrons. The minimum absolute atomic E-state index is 0.119. The number of nitrogens with zero attached hydrogens (tertiary/aromatic N) is 2. The van der Waals surface area contributed by atoms with E-state index in [-0.39, 0.29) is 22.5 Å². The number of benzene rings is 2. The second kappa shape index (κ2) is 6.03. The van der Waals surface area contributed by atoms with Crippen molar-refractivity contribution in [2.45, 2.75) is 0 Å². The number of nitro benzene ring substituents is 1. The van der Waals surface area contributed by atoms with Crippen LogP contribution in [0.3, 0.4) is 0 Å². The molecule has 2 rings (SSSR count). The third-order valence-electron chi connectivity index (χ3n) is 2.67. The van der Waals surface area contributed by atoms with Crippen LogP contribution in [0.1, 0.15) is 15.9 Å². The van der Waals surface area contributed by atoms with Crippen LogP contribution in [-0.2, 0) is 0 Å². The zero-order valence-electron chi connectivity index (χ0n) is 10.5. The van der Waals surface area contributed by atoms with E-state index in [4.69, 9.17) is 16.9 Å². The average molecular weight is 302 g/mol. The maximum absolute atomic E-state index is 12.1. The van der Waals surface area contributed by atoms with Crippen molar-refractivity contribution in [3.05, 3.63) is 68.7 Å². The molecular formula is C14H8ClN3O3. The summed E-state index contributed by atoms with van der Waals surface area (Å²) in [4.78, 5) is 22.2. The molecule has 21 heavy (non-hydrogen) atoms. The van der Waals surface area contributed by atoms with Crippen molar-refractivity contribution in [1.82, 2.24) is 0 Å². The van der Waals surface area contributed by atoms with E-state index in [1.165, 1.54) is 36.4 Å². The lowest BCUT2D eigenvalue weighted by atomic mass is 10.1. The van der Waals surface area contributed by atoms with Crippen LogP contribution < -0.4 is 5.32 Å². The first-order valence-electron chi connectivity index (χ1n) is 5.76. The van der Waals surface area contributed by atoms with Crippen LogP contribution in [0.4, 0.5) is 11.4 Å². The van der Waals surface area contributed by atoms with Gasteiger partial charge in [0.15, 0.2) is 0 Å². The fourth-order valence-corrected chi connectivity index (χ4v) is 1.84. The number of non-ortho nitro benzene ring substituents is 1. The Bertz CT molecular complexity index is 768. The quantitative estimate of drug-likeness (QED) is 0.694. The first-order valence-corrected chi connectivity index (χ1v) is 6.14. The number of anilines is 1. The first-order chi connectivity index (χ1) is 10.0. The van der Waals surface area contributed by atoms with Gasteiger partial charge < -0.3 is 5.32 Å². The number of nitriles is 1. The summed E-state index contributed by atoms with van der Waals surface area (Å²) in [6, 6.07) is 11.7. The van der Waals surface area contributed by atoms with E-state index in [9.17, 15) is 14.9 Å². The molecule has 0 unspecified atom stereocenters. The highest BCUT2D eigenvalue weighted by Crippen LogP contribution is 2.21. The van der Waals surface area contributed by atoms with Gasteiger partial charge in [-0.3, -0.25) is 14.9 Å². The Hall–Kier alpha value is -2.91. The van der Waals surface area contributed by atoms with Gasteiger partial charge in [0, 0.05) is 22.7 Å². The summed E-state index contributed by atoms with van der Waals surface area (Å²) in [7, 11) is 0. The van der Waals surface area contributed by atoms with Crippen molar-refractivity contribution in [2.24, 2.45) is 0 Å². The summed E-state index contributed by atoms with van der Waals surface area (Å²) in [6.45, 7) is 0. The number of hydrogen-bond acceptors (Lipinski definition) is 4. The van der Waals surface area contributed by atoms with Crippen LogP contribution in [0.25, 0.3) is 0 Å². The highest BCUT2D eigenvalue weighted by atomic mass is 35.5. The normalized spacial score (nSPS) is 9.71. The molecule has 0 bridgehead atoms. The van der Waals surface area contributed by atoms with Crippen molar-refractivity contribution >= 4 is 28.9 Å². The molecule has 1 N–H and O–H groups in total. The van der Waals surface area contributed by atoms with E-state index in [1.807, 2.05) is 6.07 Å². The molecule has 0 aliphatic rings. The SMILES string of the molecule is N#Cc1ccc(Cl)cc1NC(=O)c1cccc([N+](=O)[O-])c1. The lowest BCUT2D eigenvalue weighted by molar-refractivity contribution is -0.384. The van der Waals surface area contributed by atoms with E-state index < -0.39 is 10.8 Å². The fourth-order valence-electron chi connectivity index (χ4n) is 1.67. The Labute approximate surface area is 124 Å². The molecular weight excluding hydrogens is 294 g/mol. The second-order valence-corrected chi connectivity index (χ2v) is 4.50. The highest BCUT2D eigenvalue weighted by molar-refractivity contribution is 6.31. The van der Waals surface area contributed by atoms with Crippen molar-refractivity contribution in [1.29, 1.82) is 5.26 Å². The zero-order valence-corrected chi connectivity index (χ0v) is 11.3. The third kappa shape index (κ3) is 3.35. The maximum Gasteiger partial charge on any atom is 0.270 e. The largest absolute Gasteiger partial charge is 0.321 e. The number of rotatable bonds is 3. The van der Waals surface area contributed by atoms with Gasteiger partial charge in [-0.15, -0.1) is 0 Å². The van der Waals surface area contributed by atoms with Gasteiger partial charge in [0.1, 0.15) is 6.07 Å². The molecule has 0 saturated heterocycles. The van der Waals surface area contributed by atoms with Crippen molar-refractivity contribution < 1.29 is 9.72 Å². The fraction of sp³-hybridized carbons (Fsp3) is 0. The lowest BCUT2D eigenvalue weighted by Crippen LogP contribution is -2.13. The van der Waals surface area contributed by atoms with Crippen molar-refractivity contribution in [3.63, 3.8) is 0 Å². The van der Waals surface area contributed by atoms with Gasteiger partial charge in [-0.1, -0.05) is 17.7 Å². The Balaban J connectivity index is 2.30. The predicted molar refractivity (Wildman–Crippen MR) is 77.2 cm³/mol. The van der Waals surface area contributed by atoms with Gasteiger partial charge in [0.25, 0.3) is 11.6 Å². The number of carbonyl (C=O) groups is 1. The third-order valence-corrected chi connectivity index (χ3v) is 2.90. The van der Waals surface area contributed by atoms with Gasteiger partial charge in [-0.2, -0.15) is 5.26 Å². The molecule has 6 nitrogen and oxygen atoms in total. The molecule has 2 aromatic rings. The average Bonchev–Trinajstić information content (AvgIpc) is 2.47. The maximum atomic E-state index is 12.1. The van der Waals surface area contributed by atoms with Gasteiger partial charge in [0.05, 0.1) is 16.2 Å². The summed E-state index contributed by atoms with van der Waals surface area (Å²) in [5.74, 6) is -0.558. The molecule has 7 heteroatoms. The molecule has 0 aromatic heterocycles. The molecule has 0 fully saturated rings. The Morgan fingerprint density at radius 3 is 2.71 bits per heavy atom. The van der Waals surface area contributed by atoms with E-state index in [2.05, 4.69) is 5.32 Å². The number of halogens is 1. The number of nitrogens with one attached hydrogen (secondary N) is 1. The molecule has 0 radical (unpaired) electrons. The summed E-state index contributed by atoms with van der Waals surface area (Å²) >= 11 is 5.82. The standard InChI is InChI=1S/C14H8ClN3O3/c15-11-5-4-10(8-16)13(7-11)17-14(19)9-2-1-3-12(6-9)18(20)21/h1-7H,(H,17,19). The Morgan fingerprint density at radius 2 is 2.05 bits per heavy atom. The van der Waals surface area contributed by atoms with E-state index in [0.29, 0.717) is 5.02 Å². The van der Waals surface area contributed by atoms with E-state index in [1.54, 1.807) is 0 Å². The van der Waals surface area contributed by atoms with Crippen LogP contribution in [0.15, 0.2) is 42.5 Å².